The summed E-state index contributed by atoms with van der Waals surface area (Å²) in [6, 6.07) is 10.2. The van der Waals surface area contributed by atoms with E-state index in [1.807, 2.05) is 30.7 Å². The van der Waals surface area contributed by atoms with E-state index in [0.717, 1.165) is 29.1 Å². The summed E-state index contributed by atoms with van der Waals surface area (Å²) in [6.07, 6.45) is 1.28. The smallest absolute Gasteiger partial charge is 0.220 e. The second kappa shape index (κ2) is 5.69. The normalized spacial score (nSPS) is 10.5. The van der Waals surface area contributed by atoms with Crippen LogP contribution in [0.15, 0.2) is 30.3 Å². The van der Waals surface area contributed by atoms with Gasteiger partial charge < -0.3 is 5.32 Å². The first-order valence-electron chi connectivity index (χ1n) is 6.43. The lowest BCUT2D eigenvalue weighted by molar-refractivity contribution is -0.120. The van der Waals surface area contributed by atoms with Crippen LogP contribution in [0.5, 0.6) is 0 Å². The molecule has 1 amide bonds. The number of hydrogen-bond donors (Lipinski definition) is 1. The molecule has 0 saturated heterocycles. The third-order valence-electron chi connectivity index (χ3n) is 3.11. The zero-order valence-corrected chi connectivity index (χ0v) is 11.6. The Kier molecular flexibility index (Phi) is 4.00. The molecule has 1 aromatic heterocycles. The number of nitrogens with one attached hydrogen (secondary N) is 1. The molecule has 100 valence electrons. The predicted molar refractivity (Wildman–Crippen MR) is 75.4 cm³/mol. The Labute approximate surface area is 113 Å². The fourth-order valence-corrected chi connectivity index (χ4v) is 2.08. The minimum absolute atomic E-state index is 0.0719. The molecule has 1 N–H and O–H groups in total. The molecule has 0 fully saturated rings. The first kappa shape index (κ1) is 13.3. The molecular weight excluding hydrogens is 238 g/mol. The van der Waals surface area contributed by atoms with Crippen molar-refractivity contribution < 1.29 is 4.79 Å². The molecule has 1 aromatic carbocycles. The van der Waals surface area contributed by atoms with Crippen molar-refractivity contribution in [1.29, 1.82) is 0 Å². The maximum absolute atomic E-state index is 11.2. The zero-order valence-electron chi connectivity index (χ0n) is 11.6. The molecule has 0 radical (unpaired) electrons. The summed E-state index contributed by atoms with van der Waals surface area (Å²) in [6.45, 7) is 4.03. The summed E-state index contributed by atoms with van der Waals surface area (Å²) in [5, 5.41) is 7.08. The Bertz CT molecular complexity index is 570. The highest BCUT2D eigenvalue weighted by molar-refractivity contribution is 5.75. The minimum atomic E-state index is 0.0719. The van der Waals surface area contributed by atoms with Crippen molar-refractivity contribution in [2.45, 2.75) is 26.7 Å². The van der Waals surface area contributed by atoms with Crippen molar-refractivity contribution in [3.05, 3.63) is 47.3 Å². The first-order chi connectivity index (χ1) is 9.10. The van der Waals surface area contributed by atoms with Gasteiger partial charge in [0.25, 0.3) is 0 Å². The highest BCUT2D eigenvalue weighted by Crippen LogP contribution is 2.13. The molecule has 0 aliphatic rings. The fourth-order valence-electron chi connectivity index (χ4n) is 2.08. The Balaban J connectivity index is 2.10. The largest absolute Gasteiger partial charge is 0.359 e. The van der Waals surface area contributed by atoms with Crippen molar-refractivity contribution in [3.63, 3.8) is 0 Å². The van der Waals surface area contributed by atoms with Gasteiger partial charge in [0.2, 0.25) is 5.91 Å². The fraction of sp³-hybridized carbons (Fsp3) is 0.333. The molecule has 0 spiro atoms. The van der Waals surface area contributed by atoms with Crippen molar-refractivity contribution in [2.75, 3.05) is 7.05 Å². The van der Waals surface area contributed by atoms with Gasteiger partial charge in [0.15, 0.2) is 0 Å². The van der Waals surface area contributed by atoms with E-state index in [2.05, 4.69) is 28.6 Å². The third-order valence-corrected chi connectivity index (χ3v) is 3.11. The SMILES string of the molecule is CNC(=O)CCc1ccc(-n2nc(C)cc2C)cc1. The molecule has 2 rings (SSSR count). The van der Waals surface area contributed by atoms with Gasteiger partial charge in [-0.15, -0.1) is 0 Å². The third kappa shape index (κ3) is 3.22. The molecule has 0 aliphatic carbocycles. The van der Waals surface area contributed by atoms with Crippen LogP contribution in [0.2, 0.25) is 0 Å². The van der Waals surface area contributed by atoms with Crippen LogP contribution in [0.25, 0.3) is 5.69 Å². The van der Waals surface area contributed by atoms with Crippen molar-refractivity contribution >= 4 is 5.91 Å². The van der Waals surface area contributed by atoms with Crippen LogP contribution in [0.4, 0.5) is 0 Å². The Morgan fingerprint density at radius 1 is 1.26 bits per heavy atom. The second-order valence-corrected chi connectivity index (χ2v) is 4.68. The van der Waals surface area contributed by atoms with Crippen LogP contribution in [-0.4, -0.2) is 22.7 Å². The highest BCUT2D eigenvalue weighted by Gasteiger charge is 2.04. The van der Waals surface area contributed by atoms with E-state index in [9.17, 15) is 4.79 Å². The Morgan fingerprint density at radius 2 is 1.95 bits per heavy atom. The second-order valence-electron chi connectivity index (χ2n) is 4.68. The molecule has 4 nitrogen and oxygen atoms in total. The number of aromatic nitrogens is 2. The van der Waals surface area contributed by atoms with Gasteiger partial charge >= 0.3 is 0 Å². The average Bonchev–Trinajstić information content (AvgIpc) is 2.75. The summed E-state index contributed by atoms with van der Waals surface area (Å²) < 4.78 is 1.93. The van der Waals surface area contributed by atoms with E-state index in [0.29, 0.717) is 6.42 Å². The number of amides is 1. The van der Waals surface area contributed by atoms with Gasteiger partial charge in [-0.3, -0.25) is 4.79 Å². The van der Waals surface area contributed by atoms with E-state index in [4.69, 9.17) is 0 Å². The number of aryl methyl sites for hydroxylation is 3. The molecule has 4 heteroatoms. The summed E-state index contributed by atoms with van der Waals surface area (Å²) in [7, 11) is 1.66. The standard InChI is InChI=1S/C15H19N3O/c1-11-10-12(2)18(17-11)14-7-4-13(5-8-14)6-9-15(19)16-3/h4-5,7-8,10H,6,9H2,1-3H3,(H,16,19). The zero-order chi connectivity index (χ0) is 13.8. The maximum atomic E-state index is 11.2. The molecule has 0 aliphatic heterocycles. The molecule has 0 saturated carbocycles. The lowest BCUT2D eigenvalue weighted by Gasteiger charge is -2.06. The topological polar surface area (TPSA) is 46.9 Å². The number of nitrogens with zero attached hydrogens (tertiary/aromatic N) is 2. The molecule has 2 aromatic rings. The molecule has 0 unspecified atom stereocenters. The van der Waals surface area contributed by atoms with Crippen molar-refractivity contribution in [1.82, 2.24) is 15.1 Å². The summed E-state index contributed by atoms with van der Waals surface area (Å²) in [4.78, 5) is 11.2. The van der Waals surface area contributed by atoms with Crippen LogP contribution >= 0.6 is 0 Å². The molecule has 19 heavy (non-hydrogen) atoms. The minimum Gasteiger partial charge on any atom is -0.359 e. The average molecular weight is 257 g/mol. The molecule has 0 bridgehead atoms. The first-order valence-corrected chi connectivity index (χ1v) is 6.43. The van der Waals surface area contributed by atoms with E-state index in [1.54, 1.807) is 7.05 Å². The van der Waals surface area contributed by atoms with Gasteiger partial charge in [0.1, 0.15) is 0 Å². The maximum Gasteiger partial charge on any atom is 0.220 e. The van der Waals surface area contributed by atoms with Gasteiger partial charge in [-0.25, -0.2) is 4.68 Å². The molecule has 0 atom stereocenters. The van der Waals surface area contributed by atoms with Gasteiger partial charge in [-0.05, 0) is 44.0 Å². The number of hydrogen-bond acceptors (Lipinski definition) is 2. The van der Waals surface area contributed by atoms with E-state index < -0.39 is 0 Å². The van der Waals surface area contributed by atoms with Crippen LogP contribution in [0.1, 0.15) is 23.4 Å². The quantitative estimate of drug-likeness (QED) is 0.912. The summed E-state index contributed by atoms with van der Waals surface area (Å²) >= 11 is 0. The van der Waals surface area contributed by atoms with Crippen LogP contribution in [-0.2, 0) is 11.2 Å². The van der Waals surface area contributed by atoms with Crippen LogP contribution in [0, 0.1) is 13.8 Å². The number of carbonyl (C=O) groups excluding carboxylic acids is 1. The van der Waals surface area contributed by atoms with E-state index in [-0.39, 0.29) is 5.91 Å². The van der Waals surface area contributed by atoms with Gasteiger partial charge in [0.05, 0.1) is 11.4 Å². The van der Waals surface area contributed by atoms with E-state index in [1.165, 1.54) is 0 Å². The summed E-state index contributed by atoms with van der Waals surface area (Å²) in [5.41, 5.74) is 4.35. The monoisotopic (exact) mass is 257 g/mol. The van der Waals surface area contributed by atoms with Crippen molar-refractivity contribution in [2.24, 2.45) is 0 Å². The predicted octanol–water partition coefficient (Wildman–Crippen LogP) is 2.17. The van der Waals surface area contributed by atoms with E-state index >= 15 is 0 Å². The van der Waals surface area contributed by atoms with Gasteiger partial charge in [0, 0.05) is 19.2 Å². The number of benzene rings is 1. The highest BCUT2D eigenvalue weighted by atomic mass is 16.1. The number of rotatable bonds is 4. The van der Waals surface area contributed by atoms with Crippen molar-refractivity contribution in [3.8, 4) is 5.69 Å². The number of carbonyl (C=O) groups is 1. The van der Waals surface area contributed by atoms with Gasteiger partial charge in [-0.2, -0.15) is 5.10 Å². The lowest BCUT2D eigenvalue weighted by atomic mass is 10.1. The molecule has 1 heterocycles. The van der Waals surface area contributed by atoms with Crippen LogP contribution < -0.4 is 5.32 Å². The van der Waals surface area contributed by atoms with Crippen LogP contribution in [0.3, 0.4) is 0 Å². The van der Waals surface area contributed by atoms with Gasteiger partial charge in [-0.1, -0.05) is 12.1 Å². The lowest BCUT2D eigenvalue weighted by Crippen LogP contribution is -2.17. The Hall–Kier alpha value is -2.10. The molecular formula is C15H19N3O. The summed E-state index contributed by atoms with van der Waals surface area (Å²) in [5.74, 6) is 0.0719. The Morgan fingerprint density at radius 3 is 2.47 bits per heavy atom.